The molecule has 9 heavy (non-hydrogen) atoms. The summed E-state index contributed by atoms with van der Waals surface area (Å²) >= 11 is 9.82. The molecule has 0 atom stereocenters. The van der Waals surface area contributed by atoms with Crippen LogP contribution in [0.1, 0.15) is 0 Å². The van der Waals surface area contributed by atoms with Crippen molar-refractivity contribution in [3.8, 4) is 0 Å². The van der Waals surface area contributed by atoms with Crippen molar-refractivity contribution in [3.63, 3.8) is 0 Å². The quantitative estimate of drug-likeness (QED) is 0.396. The number of carbonyl (C=O) groups excluding carboxylic acids is 1. The maximum Gasteiger partial charge on any atom is 0.234 e. The van der Waals surface area contributed by atoms with E-state index in [1.807, 2.05) is 0 Å². The molecule has 0 aliphatic heterocycles. The summed E-state index contributed by atoms with van der Waals surface area (Å²) in [5.74, 6) is -0.0933. The highest BCUT2D eigenvalue weighted by Gasteiger charge is 1.93. The van der Waals surface area contributed by atoms with Crippen LogP contribution in [0.25, 0.3) is 0 Å². The highest BCUT2D eigenvalue weighted by Crippen LogP contribution is 1.86. The third-order valence-electron chi connectivity index (χ3n) is 0.647. The number of rotatable bonds is 4. The molecule has 0 aliphatic rings. The number of halogens is 1. The van der Waals surface area contributed by atoms with Crippen LogP contribution in [-0.2, 0) is 16.6 Å². The Labute approximate surface area is 65.8 Å². The van der Waals surface area contributed by atoms with Gasteiger partial charge in [0.15, 0.2) is 0 Å². The smallest absolute Gasteiger partial charge is 0.234 e. The van der Waals surface area contributed by atoms with Gasteiger partial charge in [0.1, 0.15) is 5.88 Å². The van der Waals surface area contributed by atoms with Crippen LogP contribution in [0.2, 0.25) is 0 Å². The summed E-state index contributed by atoms with van der Waals surface area (Å²) in [5, 5.41) is 2.59. The lowest BCUT2D eigenvalue weighted by Gasteiger charge is -1.96. The average molecular weight is 184 g/mol. The van der Waals surface area contributed by atoms with Gasteiger partial charge < -0.3 is 5.32 Å². The van der Waals surface area contributed by atoms with Crippen LogP contribution in [0.15, 0.2) is 0 Å². The van der Waals surface area contributed by atoms with Gasteiger partial charge in [-0.1, -0.05) is 11.8 Å². The first-order valence-corrected chi connectivity index (χ1v) is 5.05. The molecule has 0 radical (unpaired) electrons. The lowest BCUT2D eigenvalue weighted by molar-refractivity contribution is -0.118. The van der Waals surface area contributed by atoms with Crippen molar-refractivity contribution < 1.29 is 4.79 Å². The maximum atomic E-state index is 10.4. The third-order valence-corrected chi connectivity index (χ3v) is 1.84. The molecule has 2 nitrogen and oxygen atoms in total. The summed E-state index contributed by atoms with van der Waals surface area (Å²) in [6.07, 6.45) is 0.817. The van der Waals surface area contributed by atoms with Gasteiger partial charge in [0.2, 0.25) is 5.91 Å². The van der Waals surface area contributed by atoms with Crippen LogP contribution in [0.4, 0.5) is 0 Å². The minimum absolute atomic E-state index is 0.0360. The van der Waals surface area contributed by atoms with Crippen LogP contribution in [0.3, 0.4) is 0 Å². The van der Waals surface area contributed by atoms with E-state index in [-0.39, 0.29) is 11.8 Å². The van der Waals surface area contributed by atoms with E-state index in [0.717, 1.165) is 13.5 Å². The van der Waals surface area contributed by atoms with Crippen molar-refractivity contribution >= 4 is 36.7 Å². The van der Waals surface area contributed by atoms with E-state index in [2.05, 4.69) is 17.1 Å². The molecule has 0 spiro atoms. The van der Waals surface area contributed by atoms with E-state index in [0.29, 0.717) is 6.54 Å². The number of amides is 1. The molecule has 52 valence electrons. The van der Waals surface area contributed by atoms with E-state index in [4.69, 9.17) is 11.6 Å². The Morgan fingerprint density at radius 3 is 2.89 bits per heavy atom. The predicted octanol–water partition coefficient (Wildman–Crippen LogP) is 0.750. The summed E-state index contributed by atoms with van der Waals surface area (Å²) in [6.45, 7) is 0.636. The van der Waals surface area contributed by atoms with Crippen molar-refractivity contribution in [2.24, 2.45) is 0 Å². The van der Waals surface area contributed by atoms with Crippen molar-refractivity contribution in [1.29, 1.82) is 0 Å². The number of hydrogen-bond acceptors (Lipinski definition) is 2. The highest BCUT2D eigenvalue weighted by molar-refractivity contribution is 7.96. The zero-order valence-corrected chi connectivity index (χ0v) is 7.23. The van der Waals surface area contributed by atoms with Crippen molar-refractivity contribution in [3.05, 3.63) is 0 Å². The number of carbonyl (C=O) groups is 1. The number of nitrogens with one attached hydrogen (secondary N) is 1. The molecule has 0 rings (SSSR count). The zero-order valence-electron chi connectivity index (χ0n) is 4.76. The Hall–Kier alpha value is 0.280. The Morgan fingerprint density at radius 2 is 2.44 bits per heavy atom. The van der Waals surface area contributed by atoms with Crippen LogP contribution in [0.5, 0.6) is 0 Å². The fourth-order valence-corrected chi connectivity index (χ4v) is 0.860. The van der Waals surface area contributed by atoms with E-state index < -0.39 is 0 Å². The largest absolute Gasteiger partial charge is 0.354 e. The average Bonchev–Trinajstić information content (AvgIpc) is 1.89. The molecule has 0 unspecified atom stereocenters. The first-order valence-electron chi connectivity index (χ1n) is 2.43. The predicted molar refractivity (Wildman–Crippen MR) is 42.9 cm³/mol. The van der Waals surface area contributed by atoms with Gasteiger partial charge in [-0.05, 0) is 7.36 Å². The van der Waals surface area contributed by atoms with Crippen LogP contribution in [0, 0.1) is 0 Å². The summed E-state index contributed by atoms with van der Waals surface area (Å²) in [7, 11) is 0.882. The normalized spacial score (nSPS) is 9.44. The van der Waals surface area contributed by atoms with E-state index >= 15 is 0 Å². The second-order valence-corrected chi connectivity index (χ2v) is 3.08. The maximum absolute atomic E-state index is 10.4. The minimum atomic E-state index is -0.129. The third kappa shape index (κ3) is 6.16. The van der Waals surface area contributed by atoms with Gasteiger partial charge in [0, 0.05) is 12.7 Å². The van der Waals surface area contributed by atoms with Gasteiger partial charge in [-0.2, -0.15) is 0 Å². The van der Waals surface area contributed by atoms with Crippen LogP contribution < -0.4 is 5.32 Å². The molecule has 1 amide bonds. The van der Waals surface area contributed by atoms with Gasteiger partial charge >= 0.3 is 0 Å². The molecule has 0 aromatic carbocycles. The molecular weight excluding hydrogens is 177 g/mol. The standard InChI is InChI=1S/C4H7ClNOPS/c5-3-4(7)6-1-2-8-9/h1-3H2,(H,6,7). The zero-order chi connectivity index (χ0) is 7.11. The molecule has 1 N–H and O–H groups in total. The highest BCUT2D eigenvalue weighted by atomic mass is 35.5. The van der Waals surface area contributed by atoms with Crippen molar-refractivity contribution in [2.45, 2.75) is 0 Å². The first kappa shape index (κ1) is 9.28. The number of alkyl halides is 1. The van der Waals surface area contributed by atoms with Crippen molar-refractivity contribution in [1.82, 2.24) is 5.32 Å². The van der Waals surface area contributed by atoms with E-state index in [9.17, 15) is 4.79 Å². The lowest BCUT2D eigenvalue weighted by Crippen LogP contribution is -2.26. The Morgan fingerprint density at radius 1 is 1.78 bits per heavy atom. The van der Waals surface area contributed by atoms with Crippen LogP contribution >= 0.6 is 19.0 Å². The molecular formula is C4H7ClNOPS. The topological polar surface area (TPSA) is 29.1 Å². The number of hydrogen-bond donors (Lipinski definition) is 1. The second-order valence-electron chi connectivity index (χ2n) is 1.34. The van der Waals surface area contributed by atoms with Gasteiger partial charge in [-0.3, -0.25) is 4.79 Å². The molecule has 0 saturated heterocycles. The van der Waals surface area contributed by atoms with Gasteiger partial charge in [-0.25, -0.2) is 0 Å². The SMILES string of the molecule is O=C(CCl)NCCP=S. The summed E-state index contributed by atoms with van der Waals surface area (Å²) in [6, 6.07) is 0. The minimum Gasteiger partial charge on any atom is -0.354 e. The molecule has 0 fully saturated rings. The summed E-state index contributed by atoms with van der Waals surface area (Å²) < 4.78 is 0. The van der Waals surface area contributed by atoms with E-state index in [1.165, 1.54) is 0 Å². The Balaban J connectivity index is 3.06. The lowest BCUT2D eigenvalue weighted by atomic mass is 10.6. The molecule has 0 heterocycles. The molecule has 0 aromatic rings. The van der Waals surface area contributed by atoms with E-state index in [1.54, 1.807) is 0 Å². The molecule has 0 aliphatic carbocycles. The molecule has 0 bridgehead atoms. The second kappa shape index (κ2) is 6.40. The monoisotopic (exact) mass is 183 g/mol. The Bertz CT molecular complexity index is 111. The fourth-order valence-electron chi connectivity index (χ4n) is 0.288. The summed E-state index contributed by atoms with van der Waals surface area (Å²) in [5.41, 5.74) is 0. The summed E-state index contributed by atoms with van der Waals surface area (Å²) in [4.78, 5) is 10.4. The van der Waals surface area contributed by atoms with Gasteiger partial charge in [-0.15, -0.1) is 11.6 Å². The fraction of sp³-hybridized carbons (Fsp3) is 0.750. The van der Waals surface area contributed by atoms with Gasteiger partial charge in [0.25, 0.3) is 0 Å². The molecule has 0 aromatic heterocycles. The molecule has 0 saturated carbocycles. The van der Waals surface area contributed by atoms with Crippen molar-refractivity contribution in [2.75, 3.05) is 18.6 Å². The molecule has 5 heteroatoms. The Kier molecular flexibility index (Phi) is 6.60. The van der Waals surface area contributed by atoms with Gasteiger partial charge in [0.05, 0.1) is 0 Å². The van der Waals surface area contributed by atoms with Crippen LogP contribution in [-0.4, -0.2) is 24.5 Å². The first-order chi connectivity index (χ1) is 4.31.